The fourth-order valence-electron chi connectivity index (χ4n) is 2.04. The van der Waals surface area contributed by atoms with Crippen molar-refractivity contribution < 1.29 is 4.74 Å². The maximum Gasteiger partial charge on any atom is 0.141 e. The molecule has 2 aromatic rings. The topological polar surface area (TPSA) is 35.2 Å². The first-order valence-electron chi connectivity index (χ1n) is 6.57. The lowest BCUT2D eigenvalue weighted by molar-refractivity contribution is 0.302. The molecular formula is C16H16BrCl2NO. The van der Waals surface area contributed by atoms with Crippen LogP contribution in [0.2, 0.25) is 10.0 Å². The summed E-state index contributed by atoms with van der Waals surface area (Å²) in [5.74, 6) is 0.647. The number of nitrogens with two attached hydrogens (primary N) is 1. The molecule has 2 nitrogen and oxygen atoms in total. The lowest BCUT2D eigenvalue weighted by atomic mass is 10.1. The molecule has 2 rings (SSSR count). The minimum absolute atomic E-state index is 0.00495. The molecular weight excluding hydrogens is 373 g/mol. The monoisotopic (exact) mass is 387 g/mol. The van der Waals surface area contributed by atoms with Gasteiger partial charge < -0.3 is 10.5 Å². The fourth-order valence-corrected chi connectivity index (χ4v) is 3.03. The second kappa shape index (κ2) is 7.50. The summed E-state index contributed by atoms with van der Waals surface area (Å²) in [6.07, 6.45) is 0.658. The lowest BCUT2D eigenvalue weighted by Gasteiger charge is -2.16. The van der Waals surface area contributed by atoms with Crippen molar-refractivity contribution in [1.82, 2.24) is 0 Å². The molecule has 1 atom stereocenters. The minimum Gasteiger partial charge on any atom is -0.487 e. The predicted molar refractivity (Wildman–Crippen MR) is 92.3 cm³/mol. The van der Waals surface area contributed by atoms with Gasteiger partial charge in [0.25, 0.3) is 0 Å². The molecule has 5 heteroatoms. The zero-order valence-electron chi connectivity index (χ0n) is 11.6. The van der Waals surface area contributed by atoms with Crippen LogP contribution < -0.4 is 10.5 Å². The van der Waals surface area contributed by atoms with Gasteiger partial charge in [0.15, 0.2) is 0 Å². The number of rotatable bonds is 5. The number of ether oxygens (including phenoxy) is 1. The van der Waals surface area contributed by atoms with Crippen LogP contribution in [-0.4, -0.2) is 6.04 Å². The molecule has 0 aromatic heterocycles. The Morgan fingerprint density at radius 3 is 2.57 bits per heavy atom. The zero-order chi connectivity index (χ0) is 15.4. The summed E-state index contributed by atoms with van der Waals surface area (Å²) >= 11 is 15.8. The summed E-state index contributed by atoms with van der Waals surface area (Å²) in [6.45, 7) is 2.36. The van der Waals surface area contributed by atoms with E-state index in [1.165, 1.54) is 0 Å². The van der Waals surface area contributed by atoms with Gasteiger partial charge in [-0.15, -0.1) is 0 Å². The first-order chi connectivity index (χ1) is 9.97. The van der Waals surface area contributed by atoms with E-state index in [0.29, 0.717) is 28.8 Å². The summed E-state index contributed by atoms with van der Waals surface area (Å²) in [5, 5.41) is 1.09. The Hall–Kier alpha value is -0.740. The third-order valence-electron chi connectivity index (χ3n) is 2.96. The van der Waals surface area contributed by atoms with Gasteiger partial charge in [0.05, 0.1) is 5.02 Å². The van der Waals surface area contributed by atoms with Crippen molar-refractivity contribution >= 4 is 39.1 Å². The van der Waals surface area contributed by atoms with Crippen molar-refractivity contribution in [3.05, 3.63) is 62.0 Å². The van der Waals surface area contributed by atoms with Gasteiger partial charge in [0.1, 0.15) is 12.4 Å². The van der Waals surface area contributed by atoms with Gasteiger partial charge in [-0.25, -0.2) is 0 Å². The molecule has 0 radical (unpaired) electrons. The van der Waals surface area contributed by atoms with Crippen molar-refractivity contribution in [2.45, 2.75) is 26.0 Å². The van der Waals surface area contributed by atoms with Gasteiger partial charge in [0, 0.05) is 21.1 Å². The Kier molecular flexibility index (Phi) is 5.94. The molecule has 0 saturated heterocycles. The second-order valence-electron chi connectivity index (χ2n) is 4.94. The normalized spacial score (nSPS) is 12.2. The number of hydrogen-bond acceptors (Lipinski definition) is 2. The van der Waals surface area contributed by atoms with Crippen LogP contribution in [0.5, 0.6) is 5.75 Å². The summed E-state index contributed by atoms with van der Waals surface area (Å²) in [4.78, 5) is 0. The molecule has 0 bridgehead atoms. The molecule has 0 saturated carbocycles. The molecule has 1 unspecified atom stereocenters. The SMILES string of the molecule is CC(N)Cc1cc(Cl)cc(Cl)c1OCc1ccccc1Br. The summed E-state index contributed by atoms with van der Waals surface area (Å²) in [6, 6.07) is 11.4. The summed E-state index contributed by atoms with van der Waals surface area (Å²) < 4.78 is 6.92. The van der Waals surface area contributed by atoms with Crippen molar-refractivity contribution in [2.24, 2.45) is 5.73 Å². The molecule has 112 valence electrons. The molecule has 0 fully saturated rings. The molecule has 0 aliphatic carbocycles. The van der Waals surface area contributed by atoms with Crippen molar-refractivity contribution in [2.75, 3.05) is 0 Å². The largest absolute Gasteiger partial charge is 0.487 e. The lowest BCUT2D eigenvalue weighted by Crippen LogP contribution is -2.18. The van der Waals surface area contributed by atoms with Crippen molar-refractivity contribution in [1.29, 1.82) is 0 Å². The Balaban J connectivity index is 2.24. The molecule has 0 spiro atoms. The van der Waals surface area contributed by atoms with Gasteiger partial charge in [-0.3, -0.25) is 0 Å². The Morgan fingerprint density at radius 1 is 1.19 bits per heavy atom. The summed E-state index contributed by atoms with van der Waals surface area (Å²) in [7, 11) is 0. The standard InChI is InChI=1S/C16H16BrCl2NO/c1-10(20)6-12-7-13(18)8-15(19)16(12)21-9-11-4-2-3-5-14(11)17/h2-5,7-8,10H,6,9,20H2,1H3. The van der Waals surface area contributed by atoms with Crippen LogP contribution in [-0.2, 0) is 13.0 Å². The Labute approximate surface area is 143 Å². The highest BCUT2D eigenvalue weighted by Gasteiger charge is 2.13. The first-order valence-corrected chi connectivity index (χ1v) is 8.12. The number of hydrogen-bond donors (Lipinski definition) is 1. The van der Waals surface area contributed by atoms with E-state index < -0.39 is 0 Å². The molecule has 2 aromatic carbocycles. The van der Waals surface area contributed by atoms with Crippen molar-refractivity contribution in [3.8, 4) is 5.75 Å². The highest BCUT2D eigenvalue weighted by Crippen LogP contribution is 2.34. The average molecular weight is 389 g/mol. The molecule has 21 heavy (non-hydrogen) atoms. The van der Waals surface area contributed by atoms with E-state index in [1.807, 2.05) is 37.3 Å². The molecule has 2 N–H and O–H groups in total. The van der Waals surface area contributed by atoms with Crippen molar-refractivity contribution in [3.63, 3.8) is 0 Å². The van der Waals surface area contributed by atoms with E-state index in [1.54, 1.807) is 6.07 Å². The van der Waals surface area contributed by atoms with Crippen LogP contribution in [0.15, 0.2) is 40.9 Å². The van der Waals surface area contributed by atoms with Gasteiger partial charge >= 0.3 is 0 Å². The average Bonchev–Trinajstić information content (AvgIpc) is 2.38. The van der Waals surface area contributed by atoms with E-state index in [0.717, 1.165) is 15.6 Å². The smallest absolute Gasteiger partial charge is 0.141 e. The highest BCUT2D eigenvalue weighted by molar-refractivity contribution is 9.10. The Morgan fingerprint density at radius 2 is 1.90 bits per heavy atom. The first kappa shape index (κ1) is 16.6. The van der Waals surface area contributed by atoms with Crippen LogP contribution >= 0.6 is 39.1 Å². The van der Waals surface area contributed by atoms with Gasteiger partial charge in [0.2, 0.25) is 0 Å². The van der Waals surface area contributed by atoms with E-state index in [9.17, 15) is 0 Å². The minimum atomic E-state index is 0.00495. The van der Waals surface area contributed by atoms with E-state index in [4.69, 9.17) is 33.7 Å². The second-order valence-corrected chi connectivity index (χ2v) is 6.64. The third-order valence-corrected chi connectivity index (χ3v) is 4.23. The molecule has 0 aliphatic rings. The van der Waals surface area contributed by atoms with Gasteiger partial charge in [-0.1, -0.05) is 57.3 Å². The molecule has 0 amide bonds. The maximum atomic E-state index is 6.26. The number of halogens is 3. The van der Waals surface area contributed by atoms with Crippen LogP contribution in [0.1, 0.15) is 18.1 Å². The van der Waals surface area contributed by atoms with Crippen LogP contribution in [0.4, 0.5) is 0 Å². The number of benzene rings is 2. The predicted octanol–water partition coefficient (Wildman–Crippen LogP) is 5.22. The van der Waals surface area contributed by atoms with E-state index in [2.05, 4.69) is 15.9 Å². The van der Waals surface area contributed by atoms with Crippen LogP contribution in [0.25, 0.3) is 0 Å². The highest BCUT2D eigenvalue weighted by atomic mass is 79.9. The van der Waals surface area contributed by atoms with E-state index in [-0.39, 0.29) is 6.04 Å². The summed E-state index contributed by atoms with van der Waals surface area (Å²) in [5.41, 5.74) is 7.85. The third kappa shape index (κ3) is 4.62. The molecule has 0 heterocycles. The fraction of sp³-hybridized carbons (Fsp3) is 0.250. The van der Waals surface area contributed by atoms with E-state index >= 15 is 0 Å². The quantitative estimate of drug-likeness (QED) is 0.761. The zero-order valence-corrected chi connectivity index (χ0v) is 14.7. The Bertz CT molecular complexity index is 632. The van der Waals surface area contributed by atoms with Gasteiger partial charge in [-0.2, -0.15) is 0 Å². The maximum absolute atomic E-state index is 6.26. The van der Waals surface area contributed by atoms with Crippen LogP contribution in [0, 0.1) is 0 Å². The van der Waals surface area contributed by atoms with Crippen LogP contribution in [0.3, 0.4) is 0 Å². The van der Waals surface area contributed by atoms with Gasteiger partial charge in [-0.05, 0) is 37.1 Å². The molecule has 0 aliphatic heterocycles.